The van der Waals surface area contributed by atoms with E-state index in [9.17, 15) is 4.79 Å². The molecule has 0 unspecified atom stereocenters. The van der Waals surface area contributed by atoms with E-state index < -0.39 is 0 Å². The van der Waals surface area contributed by atoms with Gasteiger partial charge in [0.2, 0.25) is 5.82 Å². The van der Waals surface area contributed by atoms with E-state index in [4.69, 9.17) is 0 Å². The molecule has 0 saturated carbocycles. The molecular formula is C24H27N7O. The molecule has 0 bridgehead atoms. The van der Waals surface area contributed by atoms with Crippen LogP contribution in [0.5, 0.6) is 0 Å². The highest BCUT2D eigenvalue weighted by Crippen LogP contribution is 2.24. The molecule has 4 rings (SSSR count). The van der Waals surface area contributed by atoms with E-state index in [0.29, 0.717) is 18.9 Å². The summed E-state index contributed by atoms with van der Waals surface area (Å²) in [6, 6.07) is 16.3. The molecule has 0 saturated heterocycles. The van der Waals surface area contributed by atoms with Gasteiger partial charge in [-0.3, -0.25) is 4.57 Å². The van der Waals surface area contributed by atoms with Gasteiger partial charge in [0.25, 0.3) is 0 Å². The Morgan fingerprint density at radius 1 is 1.06 bits per heavy atom. The Kier molecular flexibility index (Phi) is 6.69. The maximum absolute atomic E-state index is 12.9. The third-order valence-electron chi connectivity index (χ3n) is 5.36. The summed E-state index contributed by atoms with van der Waals surface area (Å²) in [5.41, 5.74) is 4.06. The summed E-state index contributed by atoms with van der Waals surface area (Å²) in [5, 5.41) is 18.8. The lowest BCUT2D eigenvalue weighted by Gasteiger charge is -2.08. The van der Waals surface area contributed by atoms with Crippen molar-refractivity contribution in [3.05, 3.63) is 82.6 Å². The highest BCUT2D eigenvalue weighted by atomic mass is 16.2. The average molecular weight is 430 g/mol. The van der Waals surface area contributed by atoms with Crippen LogP contribution in [-0.2, 0) is 19.5 Å². The Morgan fingerprint density at radius 3 is 2.59 bits per heavy atom. The van der Waals surface area contributed by atoms with Gasteiger partial charge in [-0.05, 0) is 41.3 Å². The van der Waals surface area contributed by atoms with Crippen LogP contribution in [0.15, 0.2) is 65.5 Å². The molecule has 0 amide bonds. The second kappa shape index (κ2) is 10.00. The van der Waals surface area contributed by atoms with Crippen molar-refractivity contribution in [1.82, 2.24) is 35.0 Å². The maximum atomic E-state index is 12.9. The lowest BCUT2D eigenvalue weighted by atomic mass is 10.0. The molecule has 8 heteroatoms. The largest absolute Gasteiger partial charge is 0.346 e. The second-order valence-corrected chi connectivity index (χ2v) is 7.65. The van der Waals surface area contributed by atoms with Gasteiger partial charge < -0.3 is 0 Å². The number of rotatable bonds is 9. The summed E-state index contributed by atoms with van der Waals surface area (Å²) in [6.45, 7) is 5.10. The molecule has 8 nitrogen and oxygen atoms in total. The van der Waals surface area contributed by atoms with Gasteiger partial charge in [0.1, 0.15) is 5.82 Å². The number of nitrogens with zero attached hydrogens (tertiary/aromatic N) is 6. The van der Waals surface area contributed by atoms with Crippen molar-refractivity contribution < 1.29 is 0 Å². The van der Waals surface area contributed by atoms with Crippen LogP contribution in [0.4, 0.5) is 0 Å². The minimum atomic E-state index is -0.0638. The van der Waals surface area contributed by atoms with Gasteiger partial charge in [0.05, 0.1) is 13.1 Å². The van der Waals surface area contributed by atoms with Crippen LogP contribution in [0.2, 0.25) is 0 Å². The number of H-pyrrole nitrogens is 1. The Morgan fingerprint density at radius 2 is 1.88 bits per heavy atom. The summed E-state index contributed by atoms with van der Waals surface area (Å²) in [7, 11) is 0. The van der Waals surface area contributed by atoms with Crippen molar-refractivity contribution in [1.29, 1.82) is 0 Å². The van der Waals surface area contributed by atoms with E-state index >= 15 is 0 Å². The van der Waals surface area contributed by atoms with E-state index in [1.165, 1.54) is 0 Å². The van der Waals surface area contributed by atoms with Crippen LogP contribution in [0.1, 0.15) is 38.1 Å². The standard InChI is InChI=1S/C24H27N7O/c1-3-5-10-22-27-31(15-6-4-2)24(32)30(22)17-18-11-13-19(14-12-18)20-8-7-9-21(16-20)23-25-28-29-26-23/h4,6-9,11-14,16H,3,5,10,15,17H2,1-2H3,(H,25,26,28,29). The zero-order valence-corrected chi connectivity index (χ0v) is 18.4. The quantitative estimate of drug-likeness (QED) is 0.408. The first-order valence-electron chi connectivity index (χ1n) is 10.9. The van der Waals surface area contributed by atoms with Crippen molar-refractivity contribution in [2.24, 2.45) is 0 Å². The summed E-state index contributed by atoms with van der Waals surface area (Å²) in [4.78, 5) is 12.9. The van der Waals surface area contributed by atoms with E-state index in [1.54, 1.807) is 9.25 Å². The van der Waals surface area contributed by atoms with E-state index in [-0.39, 0.29) is 5.69 Å². The molecule has 0 radical (unpaired) electrons. The molecule has 0 aliphatic carbocycles. The number of allylic oxidation sites excluding steroid dienone is 2. The van der Waals surface area contributed by atoms with E-state index in [2.05, 4.69) is 63.0 Å². The lowest BCUT2D eigenvalue weighted by molar-refractivity contribution is 0.647. The maximum Gasteiger partial charge on any atom is 0.346 e. The minimum Gasteiger partial charge on any atom is -0.274 e. The zero-order chi connectivity index (χ0) is 22.3. The summed E-state index contributed by atoms with van der Waals surface area (Å²) < 4.78 is 3.34. The van der Waals surface area contributed by atoms with E-state index in [1.807, 2.05) is 37.3 Å². The SMILES string of the molecule is CC=CCn1nc(CCCC)n(Cc2ccc(-c3cccc(-c4nn[nH]n4)c3)cc2)c1=O. The predicted molar refractivity (Wildman–Crippen MR) is 124 cm³/mol. The Bertz CT molecular complexity index is 1230. The van der Waals surface area contributed by atoms with Crippen molar-refractivity contribution in [3.8, 4) is 22.5 Å². The number of unbranched alkanes of at least 4 members (excludes halogenated alkanes) is 1. The lowest BCUT2D eigenvalue weighted by Crippen LogP contribution is -2.25. The zero-order valence-electron chi connectivity index (χ0n) is 18.4. The van der Waals surface area contributed by atoms with Gasteiger partial charge in [-0.25, -0.2) is 9.48 Å². The van der Waals surface area contributed by atoms with Crippen molar-refractivity contribution >= 4 is 0 Å². The molecule has 0 spiro atoms. The number of nitrogens with one attached hydrogen (secondary N) is 1. The number of hydrogen-bond acceptors (Lipinski definition) is 5. The van der Waals surface area contributed by atoms with Crippen LogP contribution in [-0.4, -0.2) is 35.0 Å². The van der Waals surface area contributed by atoms with Gasteiger partial charge in [0.15, 0.2) is 0 Å². The fraction of sp³-hybridized carbons (Fsp3) is 0.292. The molecule has 1 N–H and O–H groups in total. The molecule has 2 aromatic carbocycles. The van der Waals surface area contributed by atoms with Gasteiger partial charge in [-0.2, -0.15) is 10.3 Å². The van der Waals surface area contributed by atoms with Crippen molar-refractivity contribution in [2.45, 2.75) is 46.2 Å². The van der Waals surface area contributed by atoms with Gasteiger partial charge in [0, 0.05) is 12.0 Å². The third-order valence-corrected chi connectivity index (χ3v) is 5.36. The topological polar surface area (TPSA) is 94.3 Å². The molecule has 4 aromatic rings. The highest BCUT2D eigenvalue weighted by Gasteiger charge is 2.13. The number of benzene rings is 2. The van der Waals surface area contributed by atoms with Gasteiger partial charge in [-0.15, -0.1) is 10.2 Å². The summed E-state index contributed by atoms with van der Waals surface area (Å²) >= 11 is 0. The fourth-order valence-corrected chi connectivity index (χ4v) is 3.60. The number of hydrogen-bond donors (Lipinski definition) is 1. The molecule has 32 heavy (non-hydrogen) atoms. The van der Waals surface area contributed by atoms with Crippen molar-refractivity contribution in [3.63, 3.8) is 0 Å². The Labute approximate surface area is 186 Å². The molecule has 164 valence electrons. The third kappa shape index (κ3) is 4.74. The fourth-order valence-electron chi connectivity index (χ4n) is 3.60. The Hall–Kier alpha value is -3.81. The first kappa shape index (κ1) is 21.4. The Balaban J connectivity index is 1.57. The predicted octanol–water partition coefficient (Wildman–Crippen LogP) is 3.86. The monoisotopic (exact) mass is 429 g/mol. The number of aromatic amines is 1. The first-order chi connectivity index (χ1) is 15.7. The van der Waals surface area contributed by atoms with Crippen LogP contribution in [0, 0.1) is 0 Å². The minimum absolute atomic E-state index is 0.0638. The van der Waals surface area contributed by atoms with Gasteiger partial charge >= 0.3 is 5.69 Å². The van der Waals surface area contributed by atoms with E-state index in [0.717, 1.165) is 47.3 Å². The van der Waals surface area contributed by atoms with Crippen LogP contribution in [0.25, 0.3) is 22.5 Å². The number of aromatic nitrogens is 7. The molecule has 0 aliphatic heterocycles. The molecule has 2 heterocycles. The van der Waals surface area contributed by atoms with Crippen LogP contribution >= 0.6 is 0 Å². The number of tetrazole rings is 1. The smallest absolute Gasteiger partial charge is 0.274 e. The average Bonchev–Trinajstić information content (AvgIpc) is 3.46. The van der Waals surface area contributed by atoms with Crippen molar-refractivity contribution in [2.75, 3.05) is 0 Å². The molecule has 0 atom stereocenters. The summed E-state index contributed by atoms with van der Waals surface area (Å²) in [6.07, 6.45) is 6.75. The second-order valence-electron chi connectivity index (χ2n) is 7.65. The summed E-state index contributed by atoms with van der Waals surface area (Å²) in [5.74, 6) is 1.41. The number of aryl methyl sites for hydroxylation is 1. The normalized spacial score (nSPS) is 11.4. The molecule has 2 aromatic heterocycles. The van der Waals surface area contributed by atoms with Crippen LogP contribution in [0.3, 0.4) is 0 Å². The molecular weight excluding hydrogens is 402 g/mol. The molecule has 0 aliphatic rings. The molecule has 0 fully saturated rings. The highest BCUT2D eigenvalue weighted by molar-refractivity contribution is 5.70. The first-order valence-corrected chi connectivity index (χ1v) is 10.9. The van der Waals surface area contributed by atoms with Gasteiger partial charge in [-0.1, -0.05) is 68.0 Å². The van der Waals surface area contributed by atoms with Crippen LogP contribution < -0.4 is 5.69 Å².